The van der Waals surface area contributed by atoms with Crippen LogP contribution in [-0.2, 0) is 14.3 Å². The normalized spacial score (nSPS) is 28.0. The van der Waals surface area contributed by atoms with Crippen LogP contribution in [0.15, 0.2) is 30.4 Å². The van der Waals surface area contributed by atoms with E-state index in [0.29, 0.717) is 25.4 Å². The SMILES string of the molecule is CC(C)OC(=O)CCC[C@H]1CC[C@@H]2[C@@H](C=C[C@@H](O)COc3cccc(Cl)c3F)[C@H](O)C[C@@H]2OC1. The third-order valence-corrected chi connectivity index (χ3v) is 6.88. The highest BCUT2D eigenvalue weighted by Gasteiger charge is 2.43. The van der Waals surface area contributed by atoms with E-state index < -0.39 is 18.0 Å². The minimum atomic E-state index is -0.949. The molecular weight excluding hydrogens is 463 g/mol. The number of hydrogen-bond donors (Lipinski definition) is 2. The van der Waals surface area contributed by atoms with Gasteiger partial charge in [-0.05, 0) is 63.5 Å². The summed E-state index contributed by atoms with van der Waals surface area (Å²) in [5.74, 6) is -0.401. The van der Waals surface area contributed by atoms with Crippen molar-refractivity contribution in [1.29, 1.82) is 0 Å². The molecule has 0 bridgehead atoms. The van der Waals surface area contributed by atoms with Crippen LogP contribution in [0.25, 0.3) is 0 Å². The lowest BCUT2D eigenvalue weighted by Gasteiger charge is -2.21. The fourth-order valence-corrected chi connectivity index (χ4v) is 5.05. The van der Waals surface area contributed by atoms with Crippen LogP contribution in [-0.4, -0.2) is 53.8 Å². The van der Waals surface area contributed by atoms with Gasteiger partial charge in [-0.15, -0.1) is 0 Å². The predicted molar refractivity (Wildman–Crippen MR) is 127 cm³/mol. The van der Waals surface area contributed by atoms with Gasteiger partial charge in [0.1, 0.15) is 12.7 Å². The van der Waals surface area contributed by atoms with E-state index in [1.54, 1.807) is 12.1 Å². The van der Waals surface area contributed by atoms with Crippen LogP contribution in [0, 0.1) is 23.6 Å². The van der Waals surface area contributed by atoms with Gasteiger partial charge >= 0.3 is 5.97 Å². The predicted octanol–water partition coefficient (Wildman–Crippen LogP) is 4.69. The lowest BCUT2D eigenvalue weighted by Crippen LogP contribution is -2.22. The van der Waals surface area contributed by atoms with Crippen molar-refractivity contribution in [3.05, 3.63) is 41.2 Å². The third kappa shape index (κ3) is 7.67. The van der Waals surface area contributed by atoms with Crippen molar-refractivity contribution in [1.82, 2.24) is 0 Å². The smallest absolute Gasteiger partial charge is 0.306 e. The number of aliphatic hydroxyl groups is 2. The van der Waals surface area contributed by atoms with Gasteiger partial charge < -0.3 is 24.4 Å². The number of halogens is 2. The maximum absolute atomic E-state index is 13.9. The lowest BCUT2D eigenvalue weighted by molar-refractivity contribution is -0.147. The van der Waals surface area contributed by atoms with Crippen LogP contribution in [0.3, 0.4) is 0 Å². The second kappa shape index (κ2) is 12.9. The summed E-state index contributed by atoms with van der Waals surface area (Å²) in [6, 6.07) is 4.46. The van der Waals surface area contributed by atoms with Gasteiger partial charge in [-0.25, -0.2) is 4.39 Å². The molecule has 0 aromatic heterocycles. The molecule has 1 aliphatic carbocycles. The summed E-state index contributed by atoms with van der Waals surface area (Å²) in [6.45, 7) is 4.20. The van der Waals surface area contributed by atoms with Crippen molar-refractivity contribution >= 4 is 17.6 Å². The first-order chi connectivity index (χ1) is 16.2. The second-order valence-electron chi connectivity index (χ2n) is 9.61. The van der Waals surface area contributed by atoms with Crippen molar-refractivity contribution in [2.75, 3.05) is 13.2 Å². The van der Waals surface area contributed by atoms with Crippen molar-refractivity contribution in [3.63, 3.8) is 0 Å². The summed E-state index contributed by atoms with van der Waals surface area (Å²) in [7, 11) is 0. The van der Waals surface area contributed by atoms with Crippen molar-refractivity contribution in [2.24, 2.45) is 17.8 Å². The Balaban J connectivity index is 1.47. The van der Waals surface area contributed by atoms with E-state index >= 15 is 0 Å². The standard InChI is InChI=1S/C26H36ClFO6/c1-16(2)34-25(31)8-3-5-17-9-11-20-19(22(30)13-24(20)32-14-17)12-10-18(29)15-33-23-7-4-6-21(27)26(23)28/h4,6-7,10,12,16-20,22,24,29-30H,3,5,8-9,11,13-15H2,1-2H3/t17-,18+,19+,20+,22+,24-/m0/s1. The van der Waals surface area contributed by atoms with Gasteiger partial charge in [0.2, 0.25) is 0 Å². The lowest BCUT2D eigenvalue weighted by atomic mass is 9.86. The van der Waals surface area contributed by atoms with Gasteiger partial charge in [-0.1, -0.05) is 29.8 Å². The number of esters is 1. The zero-order chi connectivity index (χ0) is 24.7. The van der Waals surface area contributed by atoms with Gasteiger partial charge in [0.15, 0.2) is 11.6 Å². The fourth-order valence-electron chi connectivity index (χ4n) is 4.88. The molecule has 190 valence electrons. The number of ether oxygens (including phenoxy) is 3. The molecule has 1 aliphatic heterocycles. The minimum Gasteiger partial charge on any atom is -0.487 e. The number of benzene rings is 1. The molecule has 6 nitrogen and oxygen atoms in total. The molecule has 1 saturated heterocycles. The van der Waals surface area contributed by atoms with Gasteiger partial charge in [-0.3, -0.25) is 4.79 Å². The topological polar surface area (TPSA) is 85.2 Å². The Morgan fingerprint density at radius 2 is 2.15 bits per heavy atom. The number of carbonyl (C=O) groups excluding carboxylic acids is 1. The van der Waals surface area contributed by atoms with Gasteiger partial charge in [0, 0.05) is 25.4 Å². The second-order valence-corrected chi connectivity index (χ2v) is 10.0. The van der Waals surface area contributed by atoms with E-state index in [1.807, 2.05) is 19.9 Å². The van der Waals surface area contributed by atoms with E-state index in [1.165, 1.54) is 12.1 Å². The molecular formula is C26H36ClFO6. The number of rotatable bonds is 10. The highest BCUT2D eigenvalue weighted by Crippen LogP contribution is 2.42. The minimum absolute atomic E-state index is 0.0124. The first-order valence-corrected chi connectivity index (χ1v) is 12.5. The largest absolute Gasteiger partial charge is 0.487 e. The molecule has 0 spiro atoms. The van der Waals surface area contributed by atoms with Gasteiger partial charge in [0.05, 0.1) is 23.3 Å². The zero-order valence-corrected chi connectivity index (χ0v) is 20.6. The third-order valence-electron chi connectivity index (χ3n) is 6.59. The number of carbonyl (C=O) groups is 1. The van der Waals surface area contributed by atoms with E-state index in [2.05, 4.69) is 0 Å². The highest BCUT2D eigenvalue weighted by molar-refractivity contribution is 6.30. The molecule has 34 heavy (non-hydrogen) atoms. The van der Waals surface area contributed by atoms with E-state index in [0.717, 1.165) is 25.7 Å². The molecule has 0 amide bonds. The van der Waals surface area contributed by atoms with E-state index in [9.17, 15) is 19.4 Å². The van der Waals surface area contributed by atoms with E-state index in [-0.39, 0.29) is 47.4 Å². The molecule has 2 N–H and O–H groups in total. The average Bonchev–Trinajstić information content (AvgIpc) is 2.94. The van der Waals surface area contributed by atoms with Gasteiger partial charge in [-0.2, -0.15) is 0 Å². The first-order valence-electron chi connectivity index (χ1n) is 12.2. The summed E-state index contributed by atoms with van der Waals surface area (Å²) >= 11 is 5.75. The Labute approximate surface area is 206 Å². The maximum atomic E-state index is 13.9. The van der Waals surface area contributed by atoms with Crippen molar-refractivity contribution in [2.45, 2.75) is 76.8 Å². The Morgan fingerprint density at radius 3 is 2.91 bits per heavy atom. The number of fused-ring (bicyclic) bond motifs is 1. The quantitative estimate of drug-likeness (QED) is 0.359. The molecule has 0 radical (unpaired) electrons. The molecule has 1 heterocycles. The Morgan fingerprint density at radius 1 is 1.35 bits per heavy atom. The van der Waals surface area contributed by atoms with E-state index in [4.69, 9.17) is 25.8 Å². The fraction of sp³-hybridized carbons (Fsp3) is 0.654. The number of aliphatic hydroxyl groups excluding tert-OH is 2. The van der Waals surface area contributed by atoms with Crippen LogP contribution in [0.1, 0.15) is 52.4 Å². The zero-order valence-electron chi connectivity index (χ0n) is 19.9. The Bertz CT molecular complexity index is 832. The molecule has 6 atom stereocenters. The van der Waals surface area contributed by atoms with Crippen LogP contribution in [0.5, 0.6) is 5.75 Å². The molecule has 1 saturated carbocycles. The molecule has 1 aromatic carbocycles. The van der Waals surface area contributed by atoms with Crippen LogP contribution >= 0.6 is 11.6 Å². The highest BCUT2D eigenvalue weighted by atomic mass is 35.5. The number of hydrogen-bond acceptors (Lipinski definition) is 6. The monoisotopic (exact) mass is 498 g/mol. The maximum Gasteiger partial charge on any atom is 0.306 e. The van der Waals surface area contributed by atoms with Crippen molar-refractivity contribution < 1.29 is 33.6 Å². The molecule has 1 aromatic rings. The molecule has 2 fully saturated rings. The summed E-state index contributed by atoms with van der Waals surface area (Å²) in [4.78, 5) is 11.7. The van der Waals surface area contributed by atoms with Crippen LogP contribution in [0.4, 0.5) is 4.39 Å². The van der Waals surface area contributed by atoms with Crippen molar-refractivity contribution in [3.8, 4) is 5.75 Å². The summed E-state index contributed by atoms with van der Waals surface area (Å²) in [5.41, 5.74) is 0. The van der Waals surface area contributed by atoms with Crippen LogP contribution < -0.4 is 4.74 Å². The van der Waals surface area contributed by atoms with Gasteiger partial charge in [0.25, 0.3) is 0 Å². The first kappa shape index (κ1) is 26.9. The Kier molecular flexibility index (Phi) is 10.2. The molecule has 3 rings (SSSR count). The summed E-state index contributed by atoms with van der Waals surface area (Å²) in [5, 5.41) is 20.8. The summed E-state index contributed by atoms with van der Waals surface area (Å²) < 4.78 is 30.6. The molecule has 8 heteroatoms. The molecule has 2 aliphatic rings. The van der Waals surface area contributed by atoms with Crippen LogP contribution in [0.2, 0.25) is 5.02 Å². The Hall–Kier alpha value is -1.67. The summed E-state index contributed by atoms with van der Waals surface area (Å²) in [6.07, 6.45) is 6.40. The average molecular weight is 499 g/mol. The molecule has 0 unspecified atom stereocenters.